The molecule has 0 aliphatic rings. The zero-order valence-electron chi connectivity index (χ0n) is 8.58. The summed E-state index contributed by atoms with van der Waals surface area (Å²) in [6.45, 7) is 9.17. The molecule has 0 aromatic heterocycles. The zero-order valence-corrected chi connectivity index (χ0v) is 11.2. The van der Waals surface area contributed by atoms with Gasteiger partial charge in [-0.1, -0.05) is 48.9 Å². The van der Waals surface area contributed by atoms with Gasteiger partial charge in [0.2, 0.25) is 0 Å². The Hall–Kier alpha value is 0.217. The first-order valence-corrected chi connectivity index (χ1v) is 8.89. The molecule has 0 nitrogen and oxygen atoms in total. The number of rotatable bonds is 4. The van der Waals surface area contributed by atoms with Crippen molar-refractivity contribution in [3.8, 4) is 0 Å². The van der Waals surface area contributed by atoms with E-state index in [1.807, 2.05) is 0 Å². The van der Waals surface area contributed by atoms with Crippen LogP contribution in [-0.2, 0) is 0 Å². The monoisotopic (exact) mass is 246 g/mol. The molecule has 70 valence electrons. The molecule has 0 N–H and O–H groups in total. The van der Waals surface area contributed by atoms with Crippen LogP contribution in [0, 0.1) is 0 Å². The summed E-state index contributed by atoms with van der Waals surface area (Å²) in [6, 6.07) is 0. The summed E-state index contributed by atoms with van der Waals surface area (Å²) in [4.78, 5) is 0. The first-order chi connectivity index (χ1) is 5.48. The molecule has 0 aromatic rings. The van der Waals surface area contributed by atoms with Crippen molar-refractivity contribution in [1.29, 1.82) is 0 Å². The van der Waals surface area contributed by atoms with Gasteiger partial charge in [-0.05, 0) is 18.9 Å². The lowest BCUT2D eigenvalue weighted by molar-refractivity contribution is 0.815. The molecule has 0 saturated carbocycles. The van der Waals surface area contributed by atoms with Gasteiger partial charge in [0.1, 0.15) is 0 Å². The molecule has 0 heterocycles. The van der Waals surface area contributed by atoms with Crippen molar-refractivity contribution in [2.24, 2.45) is 0 Å². The predicted molar refractivity (Wildman–Crippen MR) is 63.4 cm³/mol. The highest BCUT2D eigenvalue weighted by Crippen LogP contribution is 2.18. The van der Waals surface area contributed by atoms with Gasteiger partial charge in [0.15, 0.2) is 0 Å². The van der Waals surface area contributed by atoms with E-state index in [9.17, 15) is 0 Å². The Morgan fingerprint density at radius 1 is 1.42 bits per heavy atom. The molecule has 0 radical (unpaired) electrons. The van der Waals surface area contributed by atoms with Crippen LogP contribution in [0.15, 0.2) is 15.9 Å². The third-order valence-corrected chi connectivity index (χ3v) is 6.85. The minimum absolute atomic E-state index is 1.13. The Labute approximate surface area is 85.9 Å². The quantitative estimate of drug-likeness (QED) is 0.390. The van der Waals surface area contributed by atoms with Crippen LogP contribution in [0.4, 0.5) is 0 Å². The second kappa shape index (κ2) is 5.79. The van der Waals surface area contributed by atoms with E-state index in [0.29, 0.717) is 0 Å². The fraction of sp³-hybridized carbons (Fsp3) is 0.700. The van der Waals surface area contributed by atoms with E-state index < -0.39 is 8.07 Å². The summed E-state index contributed by atoms with van der Waals surface area (Å²) in [5.41, 5.74) is 3.33. The van der Waals surface area contributed by atoms with Gasteiger partial charge < -0.3 is 0 Å². The Morgan fingerprint density at radius 2 is 2.00 bits per heavy atom. The standard InChI is InChI=1S/C10H19BrSi/c1-5-6-7-8-9-10(11)12(2,3)4/h8H,5-7H2,1-4H3. The van der Waals surface area contributed by atoms with Gasteiger partial charge in [0.25, 0.3) is 0 Å². The molecular weight excluding hydrogens is 228 g/mol. The Bertz CT molecular complexity index is 183. The van der Waals surface area contributed by atoms with Crippen LogP contribution in [0.3, 0.4) is 0 Å². The maximum absolute atomic E-state index is 3.59. The van der Waals surface area contributed by atoms with Crippen LogP contribution < -0.4 is 0 Å². The number of unbranched alkanes of at least 4 members (excludes halogenated alkanes) is 2. The first-order valence-electron chi connectivity index (χ1n) is 4.59. The summed E-state index contributed by atoms with van der Waals surface area (Å²) in [7, 11) is -1.13. The van der Waals surface area contributed by atoms with Gasteiger partial charge in [-0.2, -0.15) is 0 Å². The SMILES string of the molecule is CCCCC=C=C(Br)[Si](C)(C)C. The molecule has 0 spiro atoms. The van der Waals surface area contributed by atoms with Crippen LogP contribution in [-0.4, -0.2) is 8.07 Å². The van der Waals surface area contributed by atoms with E-state index in [1.54, 1.807) is 0 Å². The normalized spacial score (nSPS) is 10.8. The zero-order chi connectivity index (χ0) is 9.61. The van der Waals surface area contributed by atoms with Crippen molar-refractivity contribution in [3.63, 3.8) is 0 Å². The minimum atomic E-state index is -1.13. The second-order valence-corrected chi connectivity index (χ2v) is 10.6. The molecule has 0 unspecified atom stereocenters. The minimum Gasteiger partial charge on any atom is -0.119 e. The van der Waals surface area contributed by atoms with E-state index in [0.717, 1.165) is 6.42 Å². The fourth-order valence-corrected chi connectivity index (χ4v) is 1.38. The molecule has 0 aromatic carbocycles. The van der Waals surface area contributed by atoms with Gasteiger partial charge >= 0.3 is 0 Å². The van der Waals surface area contributed by atoms with Gasteiger partial charge in [0.05, 0.1) is 8.07 Å². The molecule has 0 rings (SSSR count). The molecule has 0 aliphatic carbocycles. The molecule has 2 heteroatoms. The van der Waals surface area contributed by atoms with E-state index in [4.69, 9.17) is 0 Å². The summed E-state index contributed by atoms with van der Waals surface area (Å²) >= 11 is 3.59. The highest BCUT2D eigenvalue weighted by atomic mass is 79.9. The molecule has 0 bridgehead atoms. The molecule has 0 saturated heterocycles. The number of hydrogen-bond acceptors (Lipinski definition) is 0. The van der Waals surface area contributed by atoms with Crippen LogP contribution in [0.2, 0.25) is 19.6 Å². The third-order valence-electron chi connectivity index (χ3n) is 1.59. The van der Waals surface area contributed by atoms with Crippen LogP contribution in [0.1, 0.15) is 26.2 Å². The Morgan fingerprint density at radius 3 is 2.42 bits per heavy atom. The average Bonchev–Trinajstić information content (AvgIpc) is 1.96. The van der Waals surface area contributed by atoms with Crippen molar-refractivity contribution in [3.05, 3.63) is 15.9 Å². The largest absolute Gasteiger partial charge is 0.119 e. The molecule has 0 aliphatic heterocycles. The molecular formula is C10H19BrSi. The first kappa shape index (κ1) is 12.2. The van der Waals surface area contributed by atoms with E-state index in [2.05, 4.69) is 54.3 Å². The number of allylic oxidation sites excluding steroid dienone is 1. The smallest absolute Gasteiger partial charge is 0.0966 e. The number of hydrogen-bond donors (Lipinski definition) is 0. The summed E-state index contributed by atoms with van der Waals surface area (Å²) < 4.78 is 1.30. The molecule has 0 amide bonds. The van der Waals surface area contributed by atoms with E-state index >= 15 is 0 Å². The topological polar surface area (TPSA) is 0 Å². The van der Waals surface area contributed by atoms with Gasteiger partial charge in [-0.25, -0.2) is 0 Å². The van der Waals surface area contributed by atoms with Crippen molar-refractivity contribution in [2.45, 2.75) is 45.8 Å². The third kappa shape index (κ3) is 5.82. The Balaban J connectivity index is 4.07. The lowest BCUT2D eigenvalue weighted by Gasteiger charge is -2.11. The van der Waals surface area contributed by atoms with Crippen LogP contribution in [0.5, 0.6) is 0 Å². The number of halogens is 1. The maximum atomic E-state index is 3.59. The van der Waals surface area contributed by atoms with E-state index in [-0.39, 0.29) is 0 Å². The summed E-state index contributed by atoms with van der Waals surface area (Å²) in [6.07, 6.45) is 5.86. The predicted octanol–water partition coefficient (Wildman–Crippen LogP) is 4.49. The summed E-state index contributed by atoms with van der Waals surface area (Å²) in [5, 5.41) is 0. The second-order valence-electron chi connectivity index (χ2n) is 4.05. The lowest BCUT2D eigenvalue weighted by atomic mass is 10.2. The fourth-order valence-electron chi connectivity index (χ4n) is 0.684. The van der Waals surface area contributed by atoms with Crippen molar-refractivity contribution in [2.75, 3.05) is 0 Å². The van der Waals surface area contributed by atoms with Crippen LogP contribution >= 0.6 is 15.9 Å². The molecule has 12 heavy (non-hydrogen) atoms. The van der Waals surface area contributed by atoms with Crippen molar-refractivity contribution in [1.82, 2.24) is 0 Å². The van der Waals surface area contributed by atoms with Gasteiger partial charge in [-0.15, -0.1) is 5.73 Å². The summed E-state index contributed by atoms with van der Waals surface area (Å²) in [5.74, 6) is 0. The Kier molecular flexibility index (Phi) is 5.90. The molecule has 0 atom stereocenters. The van der Waals surface area contributed by atoms with Crippen molar-refractivity contribution >= 4 is 24.0 Å². The highest BCUT2D eigenvalue weighted by molar-refractivity contribution is 9.12. The van der Waals surface area contributed by atoms with Gasteiger partial charge in [-0.3, -0.25) is 0 Å². The van der Waals surface area contributed by atoms with Crippen LogP contribution in [0.25, 0.3) is 0 Å². The van der Waals surface area contributed by atoms with Crippen molar-refractivity contribution < 1.29 is 0 Å². The van der Waals surface area contributed by atoms with Gasteiger partial charge in [0, 0.05) is 4.11 Å². The lowest BCUT2D eigenvalue weighted by Crippen LogP contribution is -2.19. The average molecular weight is 247 g/mol. The maximum Gasteiger partial charge on any atom is 0.0966 e. The highest BCUT2D eigenvalue weighted by Gasteiger charge is 2.16. The molecule has 0 fully saturated rings. The van der Waals surface area contributed by atoms with E-state index in [1.165, 1.54) is 16.9 Å².